The molecule has 6 nitrogen and oxygen atoms in total. The fraction of sp³-hybridized carbons (Fsp3) is 0.348. The SMILES string of the molecule is CCNC(=O)c1cccc(NC(=O)COC(=O)[C@@H](c2ccccc2)[C@@H](C)CC)c1. The number of rotatable bonds is 9. The summed E-state index contributed by atoms with van der Waals surface area (Å²) in [7, 11) is 0. The van der Waals surface area contributed by atoms with Crippen molar-refractivity contribution in [1.82, 2.24) is 5.32 Å². The number of nitrogens with one attached hydrogen (secondary N) is 2. The fourth-order valence-corrected chi connectivity index (χ4v) is 3.02. The van der Waals surface area contributed by atoms with Crippen LogP contribution in [0.25, 0.3) is 0 Å². The monoisotopic (exact) mass is 396 g/mol. The topological polar surface area (TPSA) is 84.5 Å². The van der Waals surface area contributed by atoms with Crippen molar-refractivity contribution in [2.45, 2.75) is 33.1 Å². The Kier molecular flexibility index (Phi) is 8.40. The van der Waals surface area contributed by atoms with Crippen LogP contribution in [0.4, 0.5) is 5.69 Å². The third-order valence-corrected chi connectivity index (χ3v) is 4.72. The highest BCUT2D eigenvalue weighted by atomic mass is 16.5. The maximum atomic E-state index is 12.7. The lowest BCUT2D eigenvalue weighted by molar-refractivity contribution is -0.150. The molecule has 0 saturated carbocycles. The summed E-state index contributed by atoms with van der Waals surface area (Å²) in [5.74, 6) is -1.43. The molecule has 0 unspecified atom stereocenters. The standard InChI is InChI=1S/C23H28N2O4/c1-4-16(3)21(17-10-7-6-8-11-17)23(28)29-15-20(26)25-19-13-9-12-18(14-19)22(27)24-5-2/h6-14,16,21H,4-5,15H2,1-3H3,(H,24,27)(H,25,26)/t16-,21+/m0/s1. The molecular formula is C23H28N2O4. The van der Waals surface area contributed by atoms with Gasteiger partial charge in [-0.15, -0.1) is 0 Å². The molecule has 0 fully saturated rings. The molecule has 0 aromatic heterocycles. The molecule has 154 valence electrons. The highest BCUT2D eigenvalue weighted by molar-refractivity contribution is 5.97. The van der Waals surface area contributed by atoms with Crippen molar-refractivity contribution < 1.29 is 19.1 Å². The zero-order valence-electron chi connectivity index (χ0n) is 17.1. The van der Waals surface area contributed by atoms with Crippen LogP contribution in [0.5, 0.6) is 0 Å². The van der Waals surface area contributed by atoms with Crippen LogP contribution in [-0.4, -0.2) is 30.9 Å². The second kappa shape index (κ2) is 11.0. The molecule has 0 aliphatic rings. The van der Waals surface area contributed by atoms with Crippen molar-refractivity contribution in [3.05, 3.63) is 65.7 Å². The van der Waals surface area contributed by atoms with Crippen LogP contribution < -0.4 is 10.6 Å². The summed E-state index contributed by atoms with van der Waals surface area (Å²) in [6.07, 6.45) is 0.813. The van der Waals surface area contributed by atoms with E-state index in [9.17, 15) is 14.4 Å². The van der Waals surface area contributed by atoms with E-state index in [0.29, 0.717) is 17.8 Å². The van der Waals surface area contributed by atoms with E-state index in [1.54, 1.807) is 24.3 Å². The molecule has 2 aromatic rings. The molecule has 6 heteroatoms. The number of esters is 1. The molecular weight excluding hydrogens is 368 g/mol. The maximum absolute atomic E-state index is 12.7. The number of carbonyl (C=O) groups is 3. The van der Waals surface area contributed by atoms with Gasteiger partial charge in [-0.05, 0) is 36.6 Å². The predicted octanol–water partition coefficient (Wildman–Crippen LogP) is 3.75. The van der Waals surface area contributed by atoms with E-state index in [-0.39, 0.29) is 18.4 Å². The number of carbonyl (C=O) groups excluding carboxylic acids is 3. The van der Waals surface area contributed by atoms with E-state index < -0.39 is 17.8 Å². The maximum Gasteiger partial charge on any atom is 0.314 e. The summed E-state index contributed by atoms with van der Waals surface area (Å²) < 4.78 is 5.30. The minimum Gasteiger partial charge on any atom is -0.455 e. The molecule has 2 amide bonds. The first-order valence-corrected chi connectivity index (χ1v) is 9.85. The van der Waals surface area contributed by atoms with Crippen molar-refractivity contribution in [1.29, 1.82) is 0 Å². The number of ether oxygens (including phenoxy) is 1. The number of hydrogen-bond acceptors (Lipinski definition) is 4. The van der Waals surface area contributed by atoms with E-state index in [0.717, 1.165) is 12.0 Å². The molecule has 0 bridgehead atoms. The van der Waals surface area contributed by atoms with Gasteiger partial charge in [0.25, 0.3) is 11.8 Å². The third kappa shape index (κ3) is 6.45. The molecule has 2 aromatic carbocycles. The van der Waals surface area contributed by atoms with Gasteiger partial charge in [-0.1, -0.05) is 56.7 Å². The van der Waals surface area contributed by atoms with E-state index in [1.165, 1.54) is 0 Å². The average molecular weight is 396 g/mol. The first kappa shape index (κ1) is 22.1. The van der Waals surface area contributed by atoms with E-state index in [4.69, 9.17) is 4.74 Å². The first-order chi connectivity index (χ1) is 14.0. The van der Waals surface area contributed by atoms with Gasteiger partial charge in [0.1, 0.15) is 0 Å². The van der Waals surface area contributed by atoms with Gasteiger partial charge in [-0.2, -0.15) is 0 Å². The van der Waals surface area contributed by atoms with Gasteiger partial charge in [0.05, 0.1) is 5.92 Å². The van der Waals surface area contributed by atoms with Gasteiger partial charge in [0.15, 0.2) is 6.61 Å². The molecule has 0 aliphatic carbocycles. The predicted molar refractivity (Wildman–Crippen MR) is 113 cm³/mol. The van der Waals surface area contributed by atoms with Gasteiger partial charge in [0.2, 0.25) is 0 Å². The normalized spacial score (nSPS) is 12.5. The summed E-state index contributed by atoms with van der Waals surface area (Å²) >= 11 is 0. The van der Waals surface area contributed by atoms with Crippen LogP contribution in [0.15, 0.2) is 54.6 Å². The molecule has 0 heterocycles. The number of anilines is 1. The van der Waals surface area contributed by atoms with E-state index in [1.807, 2.05) is 51.1 Å². The molecule has 0 saturated heterocycles. The van der Waals surface area contributed by atoms with Crippen LogP contribution in [0, 0.1) is 5.92 Å². The Bertz CT molecular complexity index is 836. The van der Waals surface area contributed by atoms with Crippen LogP contribution in [0.3, 0.4) is 0 Å². The summed E-state index contributed by atoms with van der Waals surface area (Å²) in [5.41, 5.74) is 1.79. The number of benzene rings is 2. The molecule has 2 rings (SSSR count). The molecule has 0 spiro atoms. The summed E-state index contributed by atoms with van der Waals surface area (Å²) in [4.78, 5) is 36.8. The van der Waals surface area contributed by atoms with Crippen molar-refractivity contribution in [2.75, 3.05) is 18.5 Å². The van der Waals surface area contributed by atoms with Crippen molar-refractivity contribution in [3.63, 3.8) is 0 Å². The lowest BCUT2D eigenvalue weighted by Gasteiger charge is -2.21. The second-order valence-electron chi connectivity index (χ2n) is 6.87. The quantitative estimate of drug-likeness (QED) is 0.632. The van der Waals surface area contributed by atoms with Crippen LogP contribution >= 0.6 is 0 Å². The van der Waals surface area contributed by atoms with Crippen molar-refractivity contribution >= 4 is 23.5 Å². The van der Waals surface area contributed by atoms with Gasteiger partial charge in [-0.3, -0.25) is 14.4 Å². The molecule has 2 atom stereocenters. The highest BCUT2D eigenvalue weighted by Crippen LogP contribution is 2.28. The van der Waals surface area contributed by atoms with Gasteiger partial charge in [-0.25, -0.2) is 0 Å². The Morgan fingerprint density at radius 1 is 1.00 bits per heavy atom. The van der Waals surface area contributed by atoms with E-state index >= 15 is 0 Å². The van der Waals surface area contributed by atoms with Gasteiger partial charge < -0.3 is 15.4 Å². The lowest BCUT2D eigenvalue weighted by atomic mass is 9.86. The smallest absolute Gasteiger partial charge is 0.314 e. The molecule has 0 radical (unpaired) electrons. The fourth-order valence-electron chi connectivity index (χ4n) is 3.02. The van der Waals surface area contributed by atoms with Crippen molar-refractivity contribution in [3.8, 4) is 0 Å². The van der Waals surface area contributed by atoms with E-state index in [2.05, 4.69) is 10.6 Å². The Morgan fingerprint density at radius 3 is 2.38 bits per heavy atom. The minimum atomic E-state index is -0.456. The Morgan fingerprint density at radius 2 is 1.72 bits per heavy atom. The molecule has 2 N–H and O–H groups in total. The van der Waals surface area contributed by atoms with Gasteiger partial charge >= 0.3 is 5.97 Å². The lowest BCUT2D eigenvalue weighted by Crippen LogP contribution is -2.27. The third-order valence-electron chi connectivity index (χ3n) is 4.72. The second-order valence-corrected chi connectivity index (χ2v) is 6.87. The molecule has 29 heavy (non-hydrogen) atoms. The Labute approximate surface area is 171 Å². The number of hydrogen-bond donors (Lipinski definition) is 2. The molecule has 0 aliphatic heterocycles. The summed E-state index contributed by atoms with van der Waals surface area (Å²) in [6.45, 7) is 5.97. The minimum absolute atomic E-state index is 0.0849. The van der Waals surface area contributed by atoms with Crippen LogP contribution in [0.2, 0.25) is 0 Å². The Balaban J connectivity index is 1.98. The Hall–Kier alpha value is -3.15. The van der Waals surface area contributed by atoms with Crippen LogP contribution in [0.1, 0.15) is 49.0 Å². The summed E-state index contributed by atoms with van der Waals surface area (Å²) in [5, 5.41) is 5.37. The first-order valence-electron chi connectivity index (χ1n) is 9.85. The van der Waals surface area contributed by atoms with Crippen LogP contribution in [-0.2, 0) is 14.3 Å². The zero-order chi connectivity index (χ0) is 21.2. The van der Waals surface area contributed by atoms with Gasteiger partial charge in [0, 0.05) is 17.8 Å². The highest BCUT2D eigenvalue weighted by Gasteiger charge is 2.27. The average Bonchev–Trinajstić information content (AvgIpc) is 2.73. The largest absolute Gasteiger partial charge is 0.455 e. The number of amides is 2. The zero-order valence-corrected chi connectivity index (χ0v) is 17.1. The van der Waals surface area contributed by atoms with Crippen molar-refractivity contribution in [2.24, 2.45) is 5.92 Å². The summed E-state index contributed by atoms with van der Waals surface area (Å²) in [6, 6.07) is 16.0.